The maximum atomic E-state index is 12.9. The standard InChI is InChI=1S/C73H126O6/c1-4-7-10-13-16-19-22-25-27-29-31-33-34-35-36-37-38-40-41-43-45-48-51-54-57-60-63-66-72(75)78-69-70(68-77-71(74)65-62-59-56-53-50-47-24-21-18-15-12-9-6-3)79-73(76)67-64-61-58-55-52-49-46-44-42-39-32-30-28-26-23-20-17-14-11-8-5-2/h7,10,16,19,23,25-27,30-33,35-36,42,44,70H,4-6,8-9,11-15,17-18,20-22,24,28-29,34,37-41,43,45-69H2,1-3H3/b10-7-,19-16-,26-23-,27-25-,32-30-,33-31-,36-35-,44-42-. The summed E-state index contributed by atoms with van der Waals surface area (Å²) in [6.45, 7) is 6.54. The minimum Gasteiger partial charge on any atom is -0.462 e. The molecule has 0 aliphatic carbocycles. The van der Waals surface area contributed by atoms with Crippen molar-refractivity contribution in [2.24, 2.45) is 0 Å². The number of carbonyl (C=O) groups is 3. The molecule has 0 radical (unpaired) electrons. The largest absolute Gasteiger partial charge is 0.462 e. The maximum Gasteiger partial charge on any atom is 0.306 e. The molecule has 1 atom stereocenters. The molecule has 6 nitrogen and oxygen atoms in total. The van der Waals surface area contributed by atoms with Gasteiger partial charge < -0.3 is 14.2 Å². The number of rotatable bonds is 61. The zero-order valence-electron chi connectivity index (χ0n) is 52.1. The number of allylic oxidation sites excluding steroid dienone is 16. The first-order valence-corrected chi connectivity index (χ1v) is 33.7. The predicted molar refractivity (Wildman–Crippen MR) is 344 cm³/mol. The van der Waals surface area contributed by atoms with E-state index < -0.39 is 6.10 Å². The molecule has 1 unspecified atom stereocenters. The lowest BCUT2D eigenvalue weighted by Crippen LogP contribution is -2.30. The maximum absolute atomic E-state index is 12.9. The summed E-state index contributed by atoms with van der Waals surface area (Å²) >= 11 is 0. The Morgan fingerprint density at radius 2 is 0.494 bits per heavy atom. The Labute approximate surface area is 489 Å². The molecule has 0 aromatic carbocycles. The molecule has 0 heterocycles. The summed E-state index contributed by atoms with van der Waals surface area (Å²) in [5.41, 5.74) is 0. The molecule has 0 aliphatic rings. The van der Waals surface area contributed by atoms with Crippen molar-refractivity contribution < 1.29 is 28.6 Å². The SMILES string of the molecule is CC/C=C\C/C=C\C/C=C\C/C=C\C/C=C\CCCCCCCCCCCCCC(=O)OCC(COC(=O)CCCCCCCCCCCCCCC)OC(=O)CCCCCCCC/C=C\C/C=C\C/C=C\CCCCCCC. The van der Waals surface area contributed by atoms with Gasteiger partial charge in [0.1, 0.15) is 13.2 Å². The van der Waals surface area contributed by atoms with E-state index in [0.717, 1.165) is 116 Å². The highest BCUT2D eigenvalue weighted by Gasteiger charge is 2.19. The van der Waals surface area contributed by atoms with E-state index in [1.807, 2.05) is 0 Å². The van der Waals surface area contributed by atoms with Crippen LogP contribution in [0.2, 0.25) is 0 Å². The first-order chi connectivity index (χ1) is 39.0. The van der Waals surface area contributed by atoms with Gasteiger partial charge in [0.2, 0.25) is 0 Å². The summed E-state index contributed by atoms with van der Waals surface area (Å²) in [6.07, 6.45) is 89.9. The van der Waals surface area contributed by atoms with Gasteiger partial charge in [0.15, 0.2) is 6.10 Å². The fourth-order valence-electron chi connectivity index (χ4n) is 9.54. The molecular formula is C73H126O6. The van der Waals surface area contributed by atoms with Crippen LogP contribution in [-0.4, -0.2) is 37.2 Å². The Morgan fingerprint density at radius 1 is 0.266 bits per heavy atom. The number of carbonyl (C=O) groups excluding carboxylic acids is 3. The average molecular weight is 1100 g/mol. The highest BCUT2D eigenvalue weighted by atomic mass is 16.6. The van der Waals surface area contributed by atoms with Gasteiger partial charge in [-0.3, -0.25) is 14.4 Å². The molecule has 0 aromatic rings. The normalized spacial score (nSPS) is 12.7. The van der Waals surface area contributed by atoms with Crippen molar-refractivity contribution in [2.45, 2.75) is 335 Å². The molecule has 0 N–H and O–H groups in total. The van der Waals surface area contributed by atoms with Crippen LogP contribution in [0.4, 0.5) is 0 Å². The molecule has 0 fully saturated rings. The summed E-state index contributed by atoms with van der Waals surface area (Å²) in [6, 6.07) is 0. The van der Waals surface area contributed by atoms with Crippen molar-refractivity contribution in [3.05, 3.63) is 97.2 Å². The zero-order chi connectivity index (χ0) is 57.1. The van der Waals surface area contributed by atoms with Crippen molar-refractivity contribution in [1.29, 1.82) is 0 Å². The minimum atomic E-state index is -0.786. The predicted octanol–water partition coefficient (Wildman–Crippen LogP) is 23.2. The van der Waals surface area contributed by atoms with Crippen molar-refractivity contribution >= 4 is 17.9 Å². The molecule has 0 aliphatic heterocycles. The molecule has 0 bridgehead atoms. The lowest BCUT2D eigenvalue weighted by molar-refractivity contribution is -0.167. The van der Waals surface area contributed by atoms with Gasteiger partial charge in [0.05, 0.1) is 0 Å². The number of ether oxygens (including phenoxy) is 3. The molecule has 0 spiro atoms. The first-order valence-electron chi connectivity index (χ1n) is 33.7. The number of hydrogen-bond donors (Lipinski definition) is 0. The Bertz CT molecular complexity index is 1540. The number of hydrogen-bond acceptors (Lipinski definition) is 6. The van der Waals surface area contributed by atoms with Gasteiger partial charge in [-0.2, -0.15) is 0 Å². The third kappa shape index (κ3) is 65.0. The van der Waals surface area contributed by atoms with Crippen LogP contribution >= 0.6 is 0 Å². The smallest absolute Gasteiger partial charge is 0.306 e. The summed E-state index contributed by atoms with van der Waals surface area (Å²) < 4.78 is 17.0. The summed E-state index contributed by atoms with van der Waals surface area (Å²) in [7, 11) is 0. The number of esters is 3. The van der Waals surface area contributed by atoms with E-state index in [-0.39, 0.29) is 31.1 Å². The Hall–Kier alpha value is -3.67. The van der Waals surface area contributed by atoms with Gasteiger partial charge in [-0.15, -0.1) is 0 Å². The zero-order valence-corrected chi connectivity index (χ0v) is 52.1. The second-order valence-corrected chi connectivity index (χ2v) is 22.4. The quantitative estimate of drug-likeness (QED) is 0.0261. The molecule has 79 heavy (non-hydrogen) atoms. The third-order valence-electron chi connectivity index (χ3n) is 14.6. The van der Waals surface area contributed by atoms with Crippen LogP contribution in [-0.2, 0) is 28.6 Å². The molecule has 6 heteroatoms. The molecule has 0 saturated heterocycles. The van der Waals surface area contributed by atoms with Gasteiger partial charge in [-0.05, 0) is 103 Å². The fourth-order valence-corrected chi connectivity index (χ4v) is 9.54. The van der Waals surface area contributed by atoms with Crippen molar-refractivity contribution in [1.82, 2.24) is 0 Å². The van der Waals surface area contributed by atoms with Gasteiger partial charge in [0.25, 0.3) is 0 Å². The van der Waals surface area contributed by atoms with E-state index in [9.17, 15) is 14.4 Å². The van der Waals surface area contributed by atoms with E-state index in [0.29, 0.717) is 19.3 Å². The van der Waals surface area contributed by atoms with E-state index in [2.05, 4.69) is 118 Å². The van der Waals surface area contributed by atoms with E-state index in [4.69, 9.17) is 14.2 Å². The lowest BCUT2D eigenvalue weighted by Gasteiger charge is -2.18. The van der Waals surface area contributed by atoms with E-state index in [1.165, 1.54) is 173 Å². The summed E-state index contributed by atoms with van der Waals surface area (Å²) in [5.74, 6) is -0.883. The molecule has 0 saturated carbocycles. The van der Waals surface area contributed by atoms with Crippen LogP contribution in [0.5, 0.6) is 0 Å². The van der Waals surface area contributed by atoms with Crippen LogP contribution in [0, 0.1) is 0 Å². The molecule has 0 aromatic heterocycles. The van der Waals surface area contributed by atoms with Crippen LogP contribution < -0.4 is 0 Å². The second-order valence-electron chi connectivity index (χ2n) is 22.4. The van der Waals surface area contributed by atoms with Gasteiger partial charge >= 0.3 is 17.9 Å². The highest BCUT2D eigenvalue weighted by Crippen LogP contribution is 2.17. The Balaban J connectivity index is 4.32. The van der Waals surface area contributed by atoms with Crippen LogP contribution in [0.15, 0.2) is 97.2 Å². The summed E-state index contributed by atoms with van der Waals surface area (Å²) in [5, 5.41) is 0. The monoisotopic (exact) mass is 1100 g/mol. The molecule has 0 rings (SSSR count). The first kappa shape index (κ1) is 75.3. The third-order valence-corrected chi connectivity index (χ3v) is 14.6. The number of unbranched alkanes of at least 4 members (excludes halogenated alkanes) is 34. The van der Waals surface area contributed by atoms with Crippen LogP contribution in [0.3, 0.4) is 0 Å². The van der Waals surface area contributed by atoms with Gasteiger partial charge in [0, 0.05) is 19.3 Å². The van der Waals surface area contributed by atoms with Crippen molar-refractivity contribution in [3.63, 3.8) is 0 Å². The van der Waals surface area contributed by atoms with Crippen molar-refractivity contribution in [3.8, 4) is 0 Å². The minimum absolute atomic E-state index is 0.0806. The van der Waals surface area contributed by atoms with E-state index in [1.54, 1.807) is 0 Å². The fraction of sp³-hybridized carbons (Fsp3) is 0.740. The average Bonchev–Trinajstić information content (AvgIpc) is 3.45. The highest BCUT2D eigenvalue weighted by molar-refractivity contribution is 5.71. The second kappa shape index (κ2) is 66.8. The van der Waals surface area contributed by atoms with E-state index >= 15 is 0 Å². The molecule has 0 amide bonds. The molecular weight excluding hydrogens is 973 g/mol. The van der Waals surface area contributed by atoms with Crippen LogP contribution in [0.1, 0.15) is 329 Å². The van der Waals surface area contributed by atoms with Crippen molar-refractivity contribution in [2.75, 3.05) is 13.2 Å². The topological polar surface area (TPSA) is 78.9 Å². The lowest BCUT2D eigenvalue weighted by atomic mass is 10.0. The molecule has 454 valence electrons. The Kier molecular flexibility index (Phi) is 63.7. The van der Waals surface area contributed by atoms with Gasteiger partial charge in [-0.25, -0.2) is 0 Å². The summed E-state index contributed by atoms with van der Waals surface area (Å²) in [4.78, 5) is 38.4. The Morgan fingerprint density at radius 3 is 0.772 bits per heavy atom. The van der Waals surface area contributed by atoms with Gasteiger partial charge in [-0.1, -0.05) is 304 Å². The van der Waals surface area contributed by atoms with Crippen LogP contribution in [0.25, 0.3) is 0 Å².